The molecule has 2 aromatic rings. The second kappa shape index (κ2) is 10.6. The monoisotopic (exact) mass is 489 g/mol. The van der Waals surface area contributed by atoms with Crippen molar-refractivity contribution in [2.24, 2.45) is 0 Å². The van der Waals surface area contributed by atoms with E-state index in [-0.39, 0.29) is 12.7 Å². The predicted octanol–water partition coefficient (Wildman–Crippen LogP) is 5.25. The van der Waals surface area contributed by atoms with Gasteiger partial charge >= 0.3 is 6.09 Å². The molecule has 0 aliphatic carbocycles. The first-order valence-corrected chi connectivity index (χ1v) is 12.7. The van der Waals surface area contributed by atoms with E-state index in [2.05, 4.69) is 46.2 Å². The molecule has 0 saturated carbocycles. The first-order valence-electron chi connectivity index (χ1n) is 11.5. The lowest BCUT2D eigenvalue weighted by Crippen LogP contribution is -2.50. The number of aliphatic hydroxyl groups is 1. The maximum absolute atomic E-state index is 12.5. The molecular weight excluding hydrogens is 458 g/mol. The van der Waals surface area contributed by atoms with Crippen LogP contribution in [0.3, 0.4) is 0 Å². The van der Waals surface area contributed by atoms with Gasteiger partial charge in [0.15, 0.2) is 0 Å². The van der Waals surface area contributed by atoms with Crippen LogP contribution in [0.25, 0.3) is 0 Å². The van der Waals surface area contributed by atoms with Gasteiger partial charge in [-0.1, -0.05) is 35.5 Å². The zero-order valence-corrected chi connectivity index (χ0v) is 20.9. The number of hydrogen-bond donors (Lipinski definition) is 1. The molecule has 1 saturated heterocycles. The number of rotatable bonds is 7. The molecule has 1 amide bonds. The molecule has 1 N–H and O–H groups in total. The topological polar surface area (TPSA) is 56.3 Å². The Balaban J connectivity index is 1.30. The van der Waals surface area contributed by atoms with Crippen molar-refractivity contribution in [3.8, 4) is 0 Å². The van der Waals surface area contributed by atoms with Crippen molar-refractivity contribution in [2.45, 2.75) is 42.1 Å². The molecule has 2 aliphatic heterocycles. The summed E-state index contributed by atoms with van der Waals surface area (Å²) in [7, 11) is 0. The van der Waals surface area contributed by atoms with Gasteiger partial charge in [0, 0.05) is 60.6 Å². The van der Waals surface area contributed by atoms with Crippen molar-refractivity contribution < 1.29 is 14.6 Å². The number of nitrogens with zero attached hydrogens (tertiary/aromatic N) is 3. The lowest BCUT2D eigenvalue weighted by atomic mass is 10.1. The molecule has 2 aromatic carbocycles. The van der Waals surface area contributed by atoms with Gasteiger partial charge in [0.2, 0.25) is 0 Å². The SMILES string of the molecule is CC(C)(CCO)OC(=O)N1CCN(CCCN2c3ccccc3Sc3ccc(Cl)cc32)CC1. The molecular formula is C25H32ClN3O3S. The van der Waals surface area contributed by atoms with Crippen LogP contribution < -0.4 is 4.90 Å². The van der Waals surface area contributed by atoms with Gasteiger partial charge < -0.3 is 19.6 Å². The van der Waals surface area contributed by atoms with Crippen LogP contribution in [-0.2, 0) is 4.74 Å². The Morgan fingerprint density at radius 1 is 1.06 bits per heavy atom. The van der Waals surface area contributed by atoms with Crippen LogP contribution in [0.2, 0.25) is 5.02 Å². The summed E-state index contributed by atoms with van der Waals surface area (Å²) in [6.45, 7) is 8.55. The average molecular weight is 490 g/mol. The zero-order chi connectivity index (χ0) is 23.4. The van der Waals surface area contributed by atoms with E-state index in [4.69, 9.17) is 21.4 Å². The Hall–Kier alpha value is -1.93. The van der Waals surface area contributed by atoms with Crippen molar-refractivity contribution >= 4 is 40.8 Å². The van der Waals surface area contributed by atoms with Crippen molar-refractivity contribution in [3.05, 3.63) is 47.5 Å². The van der Waals surface area contributed by atoms with Gasteiger partial charge in [-0.2, -0.15) is 0 Å². The minimum Gasteiger partial charge on any atom is -0.443 e. The van der Waals surface area contributed by atoms with E-state index in [9.17, 15) is 4.79 Å². The number of aliphatic hydroxyl groups excluding tert-OH is 1. The van der Waals surface area contributed by atoms with Gasteiger partial charge in [-0.15, -0.1) is 0 Å². The van der Waals surface area contributed by atoms with E-state index in [1.165, 1.54) is 21.2 Å². The molecule has 0 unspecified atom stereocenters. The van der Waals surface area contributed by atoms with Crippen molar-refractivity contribution in [1.29, 1.82) is 0 Å². The number of halogens is 1. The molecule has 6 nitrogen and oxygen atoms in total. The summed E-state index contributed by atoms with van der Waals surface area (Å²) in [5, 5.41) is 9.89. The highest BCUT2D eigenvalue weighted by molar-refractivity contribution is 7.99. The van der Waals surface area contributed by atoms with E-state index < -0.39 is 5.60 Å². The quantitative estimate of drug-likeness (QED) is 0.573. The molecule has 33 heavy (non-hydrogen) atoms. The Kier molecular flexibility index (Phi) is 7.74. The molecule has 0 spiro atoms. The fraction of sp³-hybridized carbons (Fsp3) is 0.480. The zero-order valence-electron chi connectivity index (χ0n) is 19.3. The summed E-state index contributed by atoms with van der Waals surface area (Å²) in [5.74, 6) is 0. The molecule has 1 fully saturated rings. The number of para-hydroxylation sites is 1. The number of carbonyl (C=O) groups excluding carboxylic acids is 1. The molecule has 2 heterocycles. The fourth-order valence-corrected chi connectivity index (χ4v) is 5.51. The van der Waals surface area contributed by atoms with Crippen molar-refractivity contribution in [2.75, 3.05) is 50.8 Å². The van der Waals surface area contributed by atoms with Crippen LogP contribution in [0.1, 0.15) is 26.7 Å². The third-order valence-electron chi connectivity index (χ3n) is 6.15. The highest BCUT2D eigenvalue weighted by atomic mass is 35.5. The third-order valence-corrected chi connectivity index (χ3v) is 7.52. The van der Waals surface area contributed by atoms with Gasteiger partial charge in [0.05, 0.1) is 11.4 Å². The molecule has 178 valence electrons. The van der Waals surface area contributed by atoms with Gasteiger partial charge in [-0.25, -0.2) is 4.79 Å². The highest BCUT2D eigenvalue weighted by Gasteiger charge is 2.28. The normalized spacial score (nSPS) is 16.4. The predicted molar refractivity (Wildman–Crippen MR) is 134 cm³/mol. The standard InChI is InChI=1S/C25H32ClN3O3S/c1-25(2,10-17-30)32-24(31)28-15-13-27(14-16-28)11-5-12-29-20-6-3-4-7-22(20)33-23-9-8-19(26)18-21(23)29/h3-4,6-9,18,30H,5,10-17H2,1-2H3. The largest absolute Gasteiger partial charge is 0.443 e. The summed E-state index contributed by atoms with van der Waals surface area (Å²) in [4.78, 5) is 21.5. The van der Waals surface area contributed by atoms with E-state index in [1.807, 2.05) is 19.9 Å². The lowest BCUT2D eigenvalue weighted by molar-refractivity contribution is -0.00755. The van der Waals surface area contributed by atoms with Gasteiger partial charge in [0.25, 0.3) is 0 Å². The number of amides is 1. The second-order valence-corrected chi connectivity index (χ2v) is 10.6. The molecule has 0 bridgehead atoms. The fourth-order valence-electron chi connectivity index (χ4n) is 4.27. The number of carbonyl (C=O) groups is 1. The molecule has 2 aliphatic rings. The number of fused-ring (bicyclic) bond motifs is 2. The number of benzene rings is 2. The number of piperazine rings is 1. The number of ether oxygens (including phenoxy) is 1. The first kappa shape index (κ1) is 24.2. The maximum atomic E-state index is 12.5. The minimum absolute atomic E-state index is 0.00488. The summed E-state index contributed by atoms with van der Waals surface area (Å²) >= 11 is 8.11. The van der Waals surface area contributed by atoms with Crippen molar-refractivity contribution in [1.82, 2.24) is 9.80 Å². The highest BCUT2D eigenvalue weighted by Crippen LogP contribution is 2.48. The summed E-state index contributed by atoms with van der Waals surface area (Å²) < 4.78 is 5.58. The van der Waals surface area contributed by atoms with E-state index >= 15 is 0 Å². The van der Waals surface area contributed by atoms with Gasteiger partial charge in [0.1, 0.15) is 5.60 Å². The summed E-state index contributed by atoms with van der Waals surface area (Å²) in [6.07, 6.45) is 1.16. The number of hydrogen-bond acceptors (Lipinski definition) is 6. The third kappa shape index (κ3) is 5.96. The van der Waals surface area contributed by atoms with Crippen LogP contribution in [0.4, 0.5) is 16.2 Å². The summed E-state index contributed by atoms with van der Waals surface area (Å²) in [6, 6.07) is 14.6. The molecule has 0 aromatic heterocycles. The first-order chi connectivity index (χ1) is 15.9. The summed E-state index contributed by atoms with van der Waals surface area (Å²) in [5.41, 5.74) is 1.75. The smallest absolute Gasteiger partial charge is 0.410 e. The molecule has 4 rings (SSSR count). The van der Waals surface area contributed by atoms with E-state index in [0.29, 0.717) is 19.5 Å². The maximum Gasteiger partial charge on any atom is 0.410 e. The molecule has 0 radical (unpaired) electrons. The number of anilines is 2. The van der Waals surface area contributed by atoms with E-state index in [1.54, 1.807) is 16.7 Å². The van der Waals surface area contributed by atoms with Crippen LogP contribution in [0, 0.1) is 0 Å². The van der Waals surface area contributed by atoms with Gasteiger partial charge in [-0.3, -0.25) is 4.90 Å². The Morgan fingerprint density at radius 3 is 2.55 bits per heavy atom. The van der Waals surface area contributed by atoms with E-state index in [0.717, 1.165) is 37.6 Å². The second-order valence-electron chi connectivity index (χ2n) is 9.12. The average Bonchev–Trinajstić information content (AvgIpc) is 2.79. The van der Waals surface area contributed by atoms with Crippen LogP contribution >= 0.6 is 23.4 Å². The Labute approximate surface area is 205 Å². The molecule has 0 atom stereocenters. The van der Waals surface area contributed by atoms with Crippen LogP contribution in [-0.4, -0.2) is 72.5 Å². The Morgan fingerprint density at radius 2 is 1.79 bits per heavy atom. The van der Waals surface area contributed by atoms with Crippen LogP contribution in [0.5, 0.6) is 0 Å². The lowest BCUT2D eigenvalue weighted by Gasteiger charge is -2.37. The molecule has 8 heteroatoms. The van der Waals surface area contributed by atoms with Gasteiger partial charge in [-0.05, 0) is 57.1 Å². The Bertz CT molecular complexity index is 979. The minimum atomic E-state index is -0.648. The van der Waals surface area contributed by atoms with Crippen LogP contribution in [0.15, 0.2) is 52.3 Å². The van der Waals surface area contributed by atoms with Crippen molar-refractivity contribution in [3.63, 3.8) is 0 Å².